The summed E-state index contributed by atoms with van der Waals surface area (Å²) in [6, 6.07) is 3.14. The average molecular weight is 324 g/mol. The molecule has 1 amide bonds. The molecule has 1 saturated heterocycles. The number of rotatable bonds is 7. The molecule has 0 unspecified atom stereocenters. The van der Waals surface area contributed by atoms with Gasteiger partial charge in [-0.1, -0.05) is 0 Å². The molecule has 1 aromatic carbocycles. The lowest BCUT2D eigenvalue weighted by Crippen LogP contribution is -2.55. The lowest BCUT2D eigenvalue weighted by molar-refractivity contribution is -0.384. The summed E-state index contributed by atoms with van der Waals surface area (Å²) >= 11 is 0. The van der Waals surface area contributed by atoms with Gasteiger partial charge in [0.25, 0.3) is 11.6 Å². The Labute approximate surface area is 131 Å². The fourth-order valence-corrected chi connectivity index (χ4v) is 2.15. The molecule has 0 bridgehead atoms. The number of ether oxygens (including phenoxy) is 2. The second-order valence-corrected chi connectivity index (χ2v) is 5.03. The number of carbonyl (C=O) groups is 2. The van der Waals surface area contributed by atoms with E-state index in [1.165, 1.54) is 4.90 Å². The molecule has 0 aromatic heterocycles. The van der Waals surface area contributed by atoms with E-state index in [1.807, 2.05) is 0 Å². The Bertz CT molecular complexity index is 593. The topological polar surface area (TPSA) is 119 Å². The fraction of sp³-hybridized carbons (Fsp3) is 0.429. The van der Waals surface area contributed by atoms with Crippen molar-refractivity contribution in [1.82, 2.24) is 4.90 Å². The average Bonchev–Trinajstić information content (AvgIpc) is 2.48. The first-order valence-electron chi connectivity index (χ1n) is 6.85. The molecule has 0 aliphatic carbocycles. The van der Waals surface area contributed by atoms with Crippen molar-refractivity contribution in [3.63, 3.8) is 0 Å². The van der Waals surface area contributed by atoms with Gasteiger partial charge >= 0.3 is 5.97 Å². The van der Waals surface area contributed by atoms with Gasteiger partial charge in [-0.25, -0.2) is 4.79 Å². The number of likely N-dealkylation sites (tertiary alicyclic amines) is 1. The molecule has 1 aliphatic rings. The van der Waals surface area contributed by atoms with E-state index in [2.05, 4.69) is 0 Å². The van der Waals surface area contributed by atoms with Crippen LogP contribution in [0.15, 0.2) is 18.2 Å². The lowest BCUT2D eigenvalue weighted by Gasteiger charge is -2.38. The van der Waals surface area contributed by atoms with Crippen molar-refractivity contribution in [2.24, 2.45) is 0 Å². The van der Waals surface area contributed by atoms with Crippen molar-refractivity contribution in [1.29, 1.82) is 0 Å². The monoisotopic (exact) mass is 324 g/mol. The second-order valence-electron chi connectivity index (χ2n) is 5.03. The Morgan fingerprint density at radius 1 is 1.30 bits per heavy atom. The summed E-state index contributed by atoms with van der Waals surface area (Å²) in [6.45, 7) is 1.59. The smallest absolute Gasteiger partial charge is 0.335 e. The van der Waals surface area contributed by atoms with Gasteiger partial charge in [0.05, 0.1) is 29.8 Å². The van der Waals surface area contributed by atoms with Gasteiger partial charge in [0, 0.05) is 37.9 Å². The van der Waals surface area contributed by atoms with E-state index in [9.17, 15) is 19.7 Å². The third-order valence-corrected chi connectivity index (χ3v) is 3.40. The zero-order valence-electron chi connectivity index (χ0n) is 12.4. The van der Waals surface area contributed by atoms with Crippen molar-refractivity contribution < 1.29 is 29.1 Å². The first-order valence-corrected chi connectivity index (χ1v) is 6.85. The molecule has 9 nitrogen and oxygen atoms in total. The minimum Gasteiger partial charge on any atom is -0.478 e. The summed E-state index contributed by atoms with van der Waals surface area (Å²) in [4.78, 5) is 34.9. The molecule has 1 aromatic rings. The van der Waals surface area contributed by atoms with Crippen molar-refractivity contribution in [2.75, 3.05) is 33.4 Å². The number of carboxylic acids is 1. The highest BCUT2D eigenvalue weighted by Gasteiger charge is 2.32. The van der Waals surface area contributed by atoms with E-state index in [0.29, 0.717) is 26.3 Å². The van der Waals surface area contributed by atoms with Gasteiger partial charge in [0.15, 0.2) is 0 Å². The Morgan fingerprint density at radius 2 is 1.96 bits per heavy atom. The second kappa shape index (κ2) is 7.16. The summed E-state index contributed by atoms with van der Waals surface area (Å²) in [5, 5.41) is 19.8. The molecular formula is C14H16N2O7. The number of non-ortho nitro benzene ring substituents is 1. The summed E-state index contributed by atoms with van der Waals surface area (Å²) in [6.07, 6.45) is -0.105. The zero-order chi connectivity index (χ0) is 17.0. The Morgan fingerprint density at radius 3 is 2.52 bits per heavy atom. The number of hydrogen-bond acceptors (Lipinski definition) is 6. The fourth-order valence-electron chi connectivity index (χ4n) is 2.15. The van der Waals surface area contributed by atoms with Crippen LogP contribution in [-0.4, -0.2) is 66.3 Å². The summed E-state index contributed by atoms with van der Waals surface area (Å²) < 4.78 is 10.3. The highest BCUT2D eigenvalue weighted by Crippen LogP contribution is 2.21. The van der Waals surface area contributed by atoms with E-state index >= 15 is 0 Å². The maximum Gasteiger partial charge on any atom is 0.335 e. The van der Waals surface area contributed by atoms with Crippen molar-refractivity contribution >= 4 is 17.6 Å². The van der Waals surface area contributed by atoms with Crippen LogP contribution >= 0.6 is 0 Å². The molecule has 0 saturated carbocycles. The van der Waals surface area contributed by atoms with Gasteiger partial charge in [-0.05, 0) is 6.07 Å². The number of carboxylic acid groups (broad SMARTS) is 1. The van der Waals surface area contributed by atoms with Gasteiger partial charge < -0.3 is 19.5 Å². The summed E-state index contributed by atoms with van der Waals surface area (Å²) in [7, 11) is 1.56. The molecule has 124 valence electrons. The van der Waals surface area contributed by atoms with E-state index in [-0.39, 0.29) is 17.2 Å². The van der Waals surface area contributed by atoms with Crippen LogP contribution in [0.25, 0.3) is 0 Å². The van der Waals surface area contributed by atoms with Gasteiger partial charge in [-0.3, -0.25) is 14.9 Å². The minimum absolute atomic E-state index is 0.0214. The number of nitro groups is 1. The third kappa shape index (κ3) is 4.02. The molecule has 1 fully saturated rings. The van der Waals surface area contributed by atoms with Crippen LogP contribution in [-0.2, 0) is 9.47 Å². The molecule has 1 heterocycles. The molecule has 23 heavy (non-hydrogen) atoms. The molecular weight excluding hydrogens is 308 g/mol. The predicted molar refractivity (Wildman–Crippen MR) is 77.6 cm³/mol. The lowest BCUT2D eigenvalue weighted by atomic mass is 10.1. The number of nitro benzene ring substituents is 1. The molecule has 2 rings (SSSR count). The summed E-state index contributed by atoms with van der Waals surface area (Å²) in [5.74, 6) is -1.78. The molecule has 9 heteroatoms. The molecule has 0 spiro atoms. The Hall–Kier alpha value is -2.52. The predicted octanol–water partition coefficient (Wildman–Crippen LogP) is 0.780. The van der Waals surface area contributed by atoms with Crippen LogP contribution in [0.1, 0.15) is 20.7 Å². The van der Waals surface area contributed by atoms with Crippen LogP contribution in [0.4, 0.5) is 5.69 Å². The largest absolute Gasteiger partial charge is 0.478 e. The van der Waals surface area contributed by atoms with Gasteiger partial charge in [0.1, 0.15) is 0 Å². The third-order valence-electron chi connectivity index (χ3n) is 3.40. The van der Waals surface area contributed by atoms with Crippen LogP contribution < -0.4 is 0 Å². The highest BCUT2D eigenvalue weighted by atomic mass is 16.6. The number of hydrogen-bond donors (Lipinski definition) is 1. The van der Waals surface area contributed by atoms with Crippen molar-refractivity contribution in [3.8, 4) is 0 Å². The molecule has 1 N–H and O–H groups in total. The molecule has 0 atom stereocenters. The molecule has 1 aliphatic heterocycles. The van der Waals surface area contributed by atoms with Crippen LogP contribution in [0, 0.1) is 10.1 Å². The van der Waals surface area contributed by atoms with Crippen LogP contribution in [0.2, 0.25) is 0 Å². The maximum atomic E-state index is 12.3. The number of methoxy groups -OCH3 is 1. The molecule has 0 radical (unpaired) electrons. The van der Waals surface area contributed by atoms with Gasteiger partial charge in [0.2, 0.25) is 0 Å². The van der Waals surface area contributed by atoms with E-state index in [0.717, 1.165) is 18.2 Å². The van der Waals surface area contributed by atoms with Gasteiger partial charge in [-0.15, -0.1) is 0 Å². The number of aromatic carboxylic acids is 1. The maximum absolute atomic E-state index is 12.3. The first-order chi connectivity index (χ1) is 10.9. The number of nitrogens with zero attached hydrogens (tertiary/aromatic N) is 2. The van der Waals surface area contributed by atoms with Crippen molar-refractivity contribution in [2.45, 2.75) is 6.10 Å². The highest BCUT2D eigenvalue weighted by molar-refractivity contribution is 5.98. The normalized spacial score (nSPS) is 14.4. The van der Waals surface area contributed by atoms with Crippen molar-refractivity contribution in [3.05, 3.63) is 39.4 Å². The van der Waals surface area contributed by atoms with E-state index in [4.69, 9.17) is 14.6 Å². The van der Waals surface area contributed by atoms with Crippen LogP contribution in [0.5, 0.6) is 0 Å². The number of benzene rings is 1. The van der Waals surface area contributed by atoms with Crippen LogP contribution in [0.3, 0.4) is 0 Å². The first kappa shape index (κ1) is 16.8. The number of amides is 1. The SMILES string of the molecule is COCCOC1CN(C(=O)c2cc(C(=O)O)cc([N+](=O)[O-])c2)C1. The van der Waals surface area contributed by atoms with E-state index < -0.39 is 22.5 Å². The van der Waals surface area contributed by atoms with Gasteiger partial charge in [-0.2, -0.15) is 0 Å². The Balaban J connectivity index is 2.05. The standard InChI is InChI=1S/C14H16N2O7/c1-22-2-3-23-12-7-15(8-12)13(17)9-4-10(14(18)19)6-11(5-9)16(20)21/h4-6,12H,2-3,7-8H2,1H3,(H,18,19). The summed E-state index contributed by atoms with van der Waals surface area (Å²) in [5.41, 5.74) is -0.746. The zero-order valence-corrected chi connectivity index (χ0v) is 12.4. The van der Waals surface area contributed by atoms with E-state index in [1.54, 1.807) is 7.11 Å². The minimum atomic E-state index is -1.33. The number of carbonyl (C=O) groups excluding carboxylic acids is 1. The quantitative estimate of drug-likeness (QED) is 0.447. The Kier molecular flexibility index (Phi) is 5.24.